The third-order valence-corrected chi connectivity index (χ3v) is 9.15. The number of halogens is 3. The zero-order valence-electron chi connectivity index (χ0n) is 22.1. The van der Waals surface area contributed by atoms with Crippen LogP contribution < -0.4 is 4.90 Å². The number of anilines is 1. The van der Waals surface area contributed by atoms with E-state index in [-0.39, 0.29) is 36.8 Å². The number of alkyl halides is 3. The van der Waals surface area contributed by atoms with Crippen molar-refractivity contribution in [1.29, 1.82) is 0 Å². The fourth-order valence-electron chi connectivity index (χ4n) is 6.82. The minimum atomic E-state index is -4.26. The highest BCUT2D eigenvalue weighted by Crippen LogP contribution is 2.50. The van der Waals surface area contributed by atoms with Crippen LogP contribution in [-0.4, -0.2) is 51.1 Å². The summed E-state index contributed by atoms with van der Waals surface area (Å²) in [6, 6.07) is 1.70. The number of hydrogen-bond donors (Lipinski definition) is 1. The lowest BCUT2D eigenvalue weighted by Gasteiger charge is -2.43. The molecule has 0 radical (unpaired) electrons. The maximum Gasteiger partial charge on any atom is 0.392 e. The molecule has 5 unspecified atom stereocenters. The summed E-state index contributed by atoms with van der Waals surface area (Å²) in [5.41, 5.74) is 1.78. The Labute approximate surface area is 225 Å². The van der Waals surface area contributed by atoms with E-state index in [2.05, 4.69) is 20.0 Å². The Bertz CT molecular complexity index is 1210. The molecule has 4 aliphatic rings. The van der Waals surface area contributed by atoms with Crippen LogP contribution in [0.1, 0.15) is 109 Å². The first kappa shape index (κ1) is 26.5. The van der Waals surface area contributed by atoms with Gasteiger partial charge in [-0.1, -0.05) is 18.0 Å². The van der Waals surface area contributed by atoms with E-state index in [1.54, 1.807) is 6.92 Å². The second-order valence-corrected chi connectivity index (χ2v) is 11.8. The lowest BCUT2D eigenvalue weighted by Crippen LogP contribution is -2.47. The number of nitrogens with zero attached hydrogens (tertiary/aromatic N) is 4. The van der Waals surface area contributed by atoms with Crippen molar-refractivity contribution in [3.05, 3.63) is 34.5 Å². The number of hydrogen-bond acceptors (Lipinski definition) is 7. The van der Waals surface area contributed by atoms with Crippen LogP contribution >= 0.6 is 0 Å². The highest BCUT2D eigenvalue weighted by molar-refractivity contribution is 5.85. The number of aromatic nitrogens is 3. The molecule has 0 bridgehead atoms. The molecule has 0 aromatic carbocycles. The van der Waals surface area contributed by atoms with E-state index in [0.717, 1.165) is 44.1 Å². The number of rotatable bonds is 7. The van der Waals surface area contributed by atoms with E-state index >= 15 is 0 Å². The standard InChI is InChI=1S/C28H35F3N4O4/c1-15-12-22(26(36)37)33-27(32-15)35-11-10-18(13-17-8-9-23(17)35)38-14-20-24(34-39-25(20)16-6-7-16)19-4-2-3-5-21(19)28(29,30)31/h12,16-19,21,23H,2-11,13-14H2,1H3,(H,36,37). The number of aromatic carboxylic acids is 1. The van der Waals surface area contributed by atoms with E-state index in [1.165, 1.54) is 6.07 Å². The van der Waals surface area contributed by atoms with Crippen molar-refractivity contribution in [3.63, 3.8) is 0 Å². The normalized spacial score (nSPS) is 29.4. The molecule has 8 nitrogen and oxygen atoms in total. The van der Waals surface area contributed by atoms with E-state index in [0.29, 0.717) is 54.8 Å². The van der Waals surface area contributed by atoms with Crippen LogP contribution in [0.5, 0.6) is 0 Å². The van der Waals surface area contributed by atoms with Crippen molar-refractivity contribution in [2.75, 3.05) is 11.4 Å². The van der Waals surface area contributed by atoms with Gasteiger partial charge in [-0.3, -0.25) is 0 Å². The molecule has 3 heterocycles. The molecular weight excluding hydrogens is 513 g/mol. The van der Waals surface area contributed by atoms with E-state index in [4.69, 9.17) is 9.26 Å². The molecule has 3 saturated carbocycles. The number of ether oxygens (including phenoxy) is 1. The average Bonchev–Trinajstić information content (AvgIpc) is 3.65. The zero-order valence-corrected chi connectivity index (χ0v) is 22.1. The van der Waals surface area contributed by atoms with Gasteiger partial charge in [0.05, 0.1) is 24.3 Å². The van der Waals surface area contributed by atoms with Crippen molar-refractivity contribution in [2.24, 2.45) is 11.8 Å². The Morgan fingerprint density at radius 3 is 2.62 bits per heavy atom. The Balaban J connectivity index is 1.20. The van der Waals surface area contributed by atoms with Crippen LogP contribution in [0.2, 0.25) is 0 Å². The lowest BCUT2D eigenvalue weighted by molar-refractivity contribution is -0.187. The Hall–Kier alpha value is -2.69. The molecule has 3 aliphatic carbocycles. The topological polar surface area (TPSA) is 102 Å². The second-order valence-electron chi connectivity index (χ2n) is 11.8. The first-order chi connectivity index (χ1) is 18.7. The van der Waals surface area contributed by atoms with Gasteiger partial charge in [0, 0.05) is 35.7 Å². The minimum absolute atomic E-state index is 0.0158. The molecule has 1 aliphatic heterocycles. The maximum absolute atomic E-state index is 13.9. The van der Waals surface area contributed by atoms with Crippen LogP contribution in [0.3, 0.4) is 0 Å². The van der Waals surface area contributed by atoms with Gasteiger partial charge in [-0.2, -0.15) is 13.2 Å². The maximum atomic E-state index is 13.9. The summed E-state index contributed by atoms with van der Waals surface area (Å²) in [5.74, 6) is -1.42. The number of fused-ring (bicyclic) bond motifs is 1. The van der Waals surface area contributed by atoms with Crippen LogP contribution in [-0.2, 0) is 11.3 Å². The monoisotopic (exact) mass is 548 g/mol. The van der Waals surface area contributed by atoms with Crippen molar-refractivity contribution in [3.8, 4) is 0 Å². The summed E-state index contributed by atoms with van der Waals surface area (Å²) < 4.78 is 53.9. The molecule has 6 rings (SSSR count). The second kappa shape index (κ2) is 10.4. The predicted octanol–water partition coefficient (Wildman–Crippen LogP) is 6.15. The molecule has 0 spiro atoms. The zero-order chi connectivity index (χ0) is 27.3. The molecule has 1 N–H and O–H groups in total. The summed E-state index contributed by atoms with van der Waals surface area (Å²) in [7, 11) is 0. The largest absolute Gasteiger partial charge is 0.477 e. The van der Waals surface area contributed by atoms with Crippen LogP contribution in [0.25, 0.3) is 0 Å². The molecule has 1 saturated heterocycles. The summed E-state index contributed by atoms with van der Waals surface area (Å²) >= 11 is 0. The third-order valence-electron chi connectivity index (χ3n) is 9.15. The Kier molecular flexibility index (Phi) is 7.05. The molecule has 2 aromatic rings. The molecule has 11 heteroatoms. The average molecular weight is 549 g/mol. The first-order valence-electron chi connectivity index (χ1n) is 14.2. The molecule has 2 aromatic heterocycles. The van der Waals surface area contributed by atoms with Gasteiger partial charge in [-0.15, -0.1) is 0 Å². The van der Waals surface area contributed by atoms with Crippen LogP contribution in [0.4, 0.5) is 19.1 Å². The highest BCUT2D eigenvalue weighted by atomic mass is 19.4. The minimum Gasteiger partial charge on any atom is -0.477 e. The van der Waals surface area contributed by atoms with Crippen LogP contribution in [0, 0.1) is 18.8 Å². The van der Waals surface area contributed by atoms with E-state index in [9.17, 15) is 23.1 Å². The van der Waals surface area contributed by atoms with Gasteiger partial charge in [0.2, 0.25) is 5.95 Å². The van der Waals surface area contributed by atoms with Gasteiger partial charge in [0.1, 0.15) is 5.76 Å². The Morgan fingerprint density at radius 1 is 1.13 bits per heavy atom. The highest BCUT2D eigenvalue weighted by Gasteiger charge is 2.48. The molecule has 212 valence electrons. The van der Waals surface area contributed by atoms with Gasteiger partial charge in [0.15, 0.2) is 5.69 Å². The molecule has 39 heavy (non-hydrogen) atoms. The van der Waals surface area contributed by atoms with Crippen molar-refractivity contribution in [1.82, 2.24) is 15.1 Å². The quantitative estimate of drug-likeness (QED) is 0.440. The lowest BCUT2D eigenvalue weighted by atomic mass is 9.76. The number of aryl methyl sites for hydroxylation is 1. The third kappa shape index (κ3) is 5.38. The molecular formula is C28H35F3N4O4. The predicted molar refractivity (Wildman–Crippen MR) is 135 cm³/mol. The summed E-state index contributed by atoms with van der Waals surface area (Å²) in [5, 5.41) is 13.7. The molecule has 5 atom stereocenters. The molecule has 4 fully saturated rings. The van der Waals surface area contributed by atoms with Gasteiger partial charge >= 0.3 is 12.1 Å². The van der Waals surface area contributed by atoms with Crippen molar-refractivity contribution < 1.29 is 32.3 Å². The van der Waals surface area contributed by atoms with E-state index in [1.807, 2.05) is 0 Å². The number of carboxylic acid groups (broad SMARTS) is 1. The Morgan fingerprint density at radius 2 is 1.92 bits per heavy atom. The summed E-state index contributed by atoms with van der Waals surface area (Å²) in [6.45, 7) is 2.60. The van der Waals surface area contributed by atoms with Crippen LogP contribution in [0.15, 0.2) is 10.6 Å². The number of carbonyl (C=O) groups is 1. The van der Waals surface area contributed by atoms with E-state index < -0.39 is 24.0 Å². The fraction of sp³-hybridized carbons (Fsp3) is 0.714. The molecule has 0 amide bonds. The van der Waals surface area contributed by atoms with Gasteiger partial charge in [-0.25, -0.2) is 14.8 Å². The van der Waals surface area contributed by atoms with Crippen molar-refractivity contribution in [2.45, 2.75) is 108 Å². The smallest absolute Gasteiger partial charge is 0.392 e. The first-order valence-corrected chi connectivity index (χ1v) is 14.2. The summed E-state index contributed by atoms with van der Waals surface area (Å²) in [6.07, 6.45) is 3.09. The fourth-order valence-corrected chi connectivity index (χ4v) is 6.82. The summed E-state index contributed by atoms with van der Waals surface area (Å²) in [4.78, 5) is 22.5. The van der Waals surface area contributed by atoms with Crippen molar-refractivity contribution >= 4 is 11.9 Å². The van der Waals surface area contributed by atoms with Gasteiger partial charge < -0.3 is 19.3 Å². The number of carboxylic acids is 1. The van der Waals surface area contributed by atoms with Gasteiger partial charge in [-0.05, 0) is 70.3 Å². The van der Waals surface area contributed by atoms with Gasteiger partial charge in [0.25, 0.3) is 0 Å². The SMILES string of the molecule is Cc1cc(C(=O)O)nc(N2CCC(OCc3c(C4CCCCC4C(F)(F)F)noc3C3CC3)CC3CCC32)n1.